The van der Waals surface area contributed by atoms with Crippen LogP contribution in [-0.2, 0) is 5.41 Å². The van der Waals surface area contributed by atoms with Crippen LogP contribution < -0.4 is 9.47 Å². The Morgan fingerprint density at radius 2 is 1.12 bits per heavy atom. The maximum atomic E-state index is 13.0. The van der Waals surface area contributed by atoms with E-state index in [9.17, 15) is 9.59 Å². The molecule has 4 nitrogen and oxygen atoms in total. The molecule has 0 amide bonds. The Kier molecular flexibility index (Phi) is 9.97. The molecular weight excluding hydrogens is 520 g/mol. The fourth-order valence-corrected chi connectivity index (χ4v) is 6.11. The van der Waals surface area contributed by atoms with Crippen molar-refractivity contribution in [2.45, 2.75) is 110 Å². The number of Topliss-reactive ketones (excluding diaryl/α,β-unsaturated/α-hetero) is 1. The van der Waals surface area contributed by atoms with Crippen molar-refractivity contribution in [3.05, 3.63) is 95.1 Å². The van der Waals surface area contributed by atoms with Crippen LogP contribution in [0.15, 0.2) is 72.8 Å². The second-order valence-corrected chi connectivity index (χ2v) is 12.5. The number of carbonyl (C=O) groups excluding carboxylic acids is 2. The molecule has 0 saturated heterocycles. The summed E-state index contributed by atoms with van der Waals surface area (Å²) in [4.78, 5) is 25.9. The minimum atomic E-state index is -0.426. The highest BCUT2D eigenvalue weighted by molar-refractivity contribution is 6.01. The van der Waals surface area contributed by atoms with Gasteiger partial charge in [0.25, 0.3) is 0 Å². The van der Waals surface area contributed by atoms with E-state index < -0.39 is 5.97 Å². The Labute approximate surface area is 252 Å². The Morgan fingerprint density at radius 3 is 1.60 bits per heavy atom. The molecule has 0 N–H and O–H groups in total. The molecule has 3 aromatic carbocycles. The summed E-state index contributed by atoms with van der Waals surface area (Å²) in [6.45, 7) is 12.6. The molecule has 0 radical (unpaired) electrons. The summed E-state index contributed by atoms with van der Waals surface area (Å²) in [6.07, 6.45) is 9.30. The minimum Gasteiger partial charge on any atom is -0.488 e. The maximum Gasteiger partial charge on any atom is 0.343 e. The number of ether oxygens (including phenoxy) is 2. The Bertz CT molecular complexity index is 1320. The van der Waals surface area contributed by atoms with Gasteiger partial charge in [0, 0.05) is 16.4 Å². The monoisotopic (exact) mass is 568 g/mol. The standard InChI is InChI=1S/C38H48O4/c1-7-36(5,8-2)34(39)28-14-16-29(17-15-28)35(40)41-32-22-18-30(19-23-32)38(26-12-11-13-27-38)31-20-24-33(25-21-31)42-37(6,9-3)10-4/h14-25H,7-13,26-27H2,1-6H3. The van der Waals surface area contributed by atoms with E-state index in [1.165, 1.54) is 30.4 Å². The molecule has 1 aliphatic rings. The van der Waals surface area contributed by atoms with Crippen LogP contribution in [0.2, 0.25) is 0 Å². The fraction of sp³-hybridized carbons (Fsp3) is 0.474. The van der Waals surface area contributed by atoms with Crippen LogP contribution in [0.4, 0.5) is 0 Å². The van der Waals surface area contributed by atoms with Crippen molar-refractivity contribution in [3.63, 3.8) is 0 Å². The van der Waals surface area contributed by atoms with E-state index in [-0.39, 0.29) is 22.2 Å². The van der Waals surface area contributed by atoms with Crippen LogP contribution in [0.5, 0.6) is 11.5 Å². The lowest BCUT2D eigenvalue weighted by atomic mass is 9.65. The lowest BCUT2D eigenvalue weighted by Gasteiger charge is -2.39. The fourth-order valence-electron chi connectivity index (χ4n) is 6.11. The molecule has 0 spiro atoms. The molecule has 4 rings (SSSR count). The molecule has 0 aliphatic heterocycles. The van der Waals surface area contributed by atoms with Crippen LogP contribution in [-0.4, -0.2) is 17.4 Å². The first-order chi connectivity index (χ1) is 20.1. The van der Waals surface area contributed by atoms with Gasteiger partial charge in [-0.15, -0.1) is 0 Å². The molecule has 0 aromatic heterocycles. The van der Waals surface area contributed by atoms with E-state index in [2.05, 4.69) is 57.2 Å². The van der Waals surface area contributed by atoms with E-state index in [4.69, 9.17) is 9.47 Å². The van der Waals surface area contributed by atoms with Gasteiger partial charge in [-0.1, -0.05) is 90.3 Å². The van der Waals surface area contributed by atoms with E-state index >= 15 is 0 Å². The van der Waals surface area contributed by atoms with Crippen molar-refractivity contribution in [2.75, 3.05) is 0 Å². The second-order valence-electron chi connectivity index (χ2n) is 12.5. The average molecular weight is 569 g/mol. The van der Waals surface area contributed by atoms with Crippen molar-refractivity contribution in [1.82, 2.24) is 0 Å². The van der Waals surface area contributed by atoms with Crippen LogP contribution in [0.3, 0.4) is 0 Å². The van der Waals surface area contributed by atoms with Crippen molar-refractivity contribution >= 4 is 11.8 Å². The predicted octanol–water partition coefficient (Wildman–Crippen LogP) is 10.1. The summed E-state index contributed by atoms with van der Waals surface area (Å²) in [5.74, 6) is 1.12. The molecule has 4 heteroatoms. The van der Waals surface area contributed by atoms with Crippen molar-refractivity contribution in [1.29, 1.82) is 0 Å². The van der Waals surface area contributed by atoms with E-state index in [1.807, 2.05) is 32.9 Å². The van der Waals surface area contributed by atoms with Crippen LogP contribution >= 0.6 is 0 Å². The van der Waals surface area contributed by atoms with Gasteiger partial charge in [0.2, 0.25) is 0 Å². The van der Waals surface area contributed by atoms with Gasteiger partial charge in [0.05, 0.1) is 5.56 Å². The highest BCUT2D eigenvalue weighted by Crippen LogP contribution is 2.45. The van der Waals surface area contributed by atoms with Gasteiger partial charge in [0.15, 0.2) is 5.78 Å². The molecule has 3 aromatic rings. The van der Waals surface area contributed by atoms with Gasteiger partial charge in [-0.2, -0.15) is 0 Å². The van der Waals surface area contributed by atoms with Gasteiger partial charge in [0.1, 0.15) is 17.1 Å². The zero-order valence-electron chi connectivity index (χ0n) is 26.4. The third-order valence-corrected chi connectivity index (χ3v) is 10.1. The smallest absolute Gasteiger partial charge is 0.343 e. The van der Waals surface area contributed by atoms with Crippen LogP contribution in [0.1, 0.15) is 131 Å². The molecule has 42 heavy (non-hydrogen) atoms. The topological polar surface area (TPSA) is 52.6 Å². The number of rotatable bonds is 12. The highest BCUT2D eigenvalue weighted by Gasteiger charge is 2.36. The van der Waals surface area contributed by atoms with Gasteiger partial charge >= 0.3 is 5.97 Å². The molecule has 224 valence electrons. The molecule has 1 fully saturated rings. The largest absolute Gasteiger partial charge is 0.488 e. The zero-order chi connectivity index (χ0) is 30.4. The Morgan fingerprint density at radius 1 is 0.643 bits per heavy atom. The maximum absolute atomic E-state index is 13.0. The Hall–Kier alpha value is -3.40. The highest BCUT2D eigenvalue weighted by atomic mass is 16.5. The van der Waals surface area contributed by atoms with Crippen molar-refractivity contribution < 1.29 is 19.1 Å². The average Bonchev–Trinajstić information content (AvgIpc) is 3.05. The van der Waals surface area contributed by atoms with Crippen molar-refractivity contribution in [3.8, 4) is 11.5 Å². The summed E-state index contributed by atoms with van der Waals surface area (Å²) >= 11 is 0. The van der Waals surface area contributed by atoms with Crippen LogP contribution in [0.25, 0.3) is 0 Å². The molecule has 1 saturated carbocycles. The number of hydrogen-bond donors (Lipinski definition) is 0. The van der Waals surface area contributed by atoms with Gasteiger partial charge in [-0.3, -0.25) is 4.79 Å². The van der Waals surface area contributed by atoms with Crippen molar-refractivity contribution in [2.24, 2.45) is 5.41 Å². The van der Waals surface area contributed by atoms with Gasteiger partial charge in [-0.25, -0.2) is 4.79 Å². The molecule has 0 unspecified atom stereocenters. The molecule has 0 bridgehead atoms. The minimum absolute atomic E-state index is 0.0635. The number of ketones is 1. The number of hydrogen-bond acceptors (Lipinski definition) is 4. The lowest BCUT2D eigenvalue weighted by Crippen LogP contribution is -2.31. The number of benzene rings is 3. The van der Waals surface area contributed by atoms with Gasteiger partial charge < -0.3 is 9.47 Å². The summed E-state index contributed by atoms with van der Waals surface area (Å²) < 4.78 is 12.1. The summed E-state index contributed by atoms with van der Waals surface area (Å²) in [5, 5.41) is 0. The normalized spacial score (nSPS) is 15.2. The predicted molar refractivity (Wildman–Crippen MR) is 171 cm³/mol. The third-order valence-electron chi connectivity index (χ3n) is 10.1. The van der Waals surface area contributed by atoms with E-state index in [1.54, 1.807) is 24.3 Å². The summed E-state index contributed by atoms with van der Waals surface area (Å²) in [7, 11) is 0. The second kappa shape index (κ2) is 13.3. The zero-order valence-corrected chi connectivity index (χ0v) is 26.4. The van der Waals surface area contributed by atoms with E-state index in [0.717, 1.165) is 44.3 Å². The first-order valence-electron chi connectivity index (χ1n) is 15.9. The van der Waals surface area contributed by atoms with E-state index in [0.29, 0.717) is 16.9 Å². The lowest BCUT2D eigenvalue weighted by molar-refractivity contribution is 0.0732. The molecular formula is C38H48O4. The number of esters is 1. The number of carbonyl (C=O) groups is 2. The summed E-state index contributed by atoms with van der Waals surface area (Å²) in [6, 6.07) is 23.6. The Balaban J connectivity index is 1.49. The SMILES string of the molecule is CCC(C)(CC)Oc1ccc(C2(c3ccc(OC(=O)c4ccc(C(=O)C(C)(CC)CC)cc4)cc3)CCCCC2)cc1. The third kappa shape index (κ3) is 6.64. The first-order valence-corrected chi connectivity index (χ1v) is 15.9. The first kappa shape index (κ1) is 31.5. The summed E-state index contributed by atoms with van der Waals surface area (Å²) in [5.41, 5.74) is 3.02. The quantitative estimate of drug-likeness (QED) is 0.124. The van der Waals surface area contributed by atoms with Crippen LogP contribution in [0, 0.1) is 5.41 Å². The van der Waals surface area contributed by atoms with Gasteiger partial charge in [-0.05, 0) is 93.0 Å². The molecule has 1 aliphatic carbocycles. The molecule has 0 heterocycles. The molecule has 0 atom stereocenters.